The molecule has 3 aromatic rings. The van der Waals surface area contributed by atoms with E-state index in [9.17, 15) is 0 Å². The Balaban J connectivity index is 1.57. The van der Waals surface area contributed by atoms with Crippen LogP contribution in [0.25, 0.3) is 11.4 Å². The monoisotopic (exact) mass is 388 g/mol. The predicted octanol–water partition coefficient (Wildman–Crippen LogP) is 3.70. The first kappa shape index (κ1) is 18.3. The number of H-pyrrole nitrogens is 1. The van der Waals surface area contributed by atoms with Gasteiger partial charge in [0.2, 0.25) is 0 Å². The summed E-state index contributed by atoms with van der Waals surface area (Å²) < 4.78 is 6.95. The maximum absolute atomic E-state index is 6.57. The SMILES string of the molecule is CCc1cn[nH]c1[C@H]1CCCN(Cc2c(-c3cc(C)on3)nn(C)c2Cl)C1. The second-order valence-corrected chi connectivity index (χ2v) is 7.66. The van der Waals surface area contributed by atoms with E-state index in [4.69, 9.17) is 16.1 Å². The van der Waals surface area contributed by atoms with Crippen LogP contribution in [0.5, 0.6) is 0 Å². The quantitative estimate of drug-likeness (QED) is 0.721. The summed E-state index contributed by atoms with van der Waals surface area (Å²) in [6.45, 7) is 6.84. The van der Waals surface area contributed by atoms with Gasteiger partial charge in [-0.2, -0.15) is 10.2 Å². The molecule has 27 heavy (non-hydrogen) atoms. The molecule has 7 nitrogen and oxygen atoms in total. The Hall–Kier alpha value is -2.12. The molecular formula is C19H25ClN6O. The van der Waals surface area contributed by atoms with E-state index in [0.29, 0.717) is 11.1 Å². The predicted molar refractivity (Wildman–Crippen MR) is 104 cm³/mol. The number of halogens is 1. The zero-order valence-electron chi connectivity index (χ0n) is 16.0. The topological polar surface area (TPSA) is 75.8 Å². The Morgan fingerprint density at radius 1 is 1.41 bits per heavy atom. The van der Waals surface area contributed by atoms with E-state index >= 15 is 0 Å². The molecule has 1 N–H and O–H groups in total. The average Bonchev–Trinajstić information content (AvgIpc) is 3.37. The zero-order chi connectivity index (χ0) is 19.0. The van der Waals surface area contributed by atoms with Crippen LogP contribution in [-0.2, 0) is 20.0 Å². The highest BCUT2D eigenvalue weighted by molar-refractivity contribution is 6.30. The number of aryl methyl sites for hydroxylation is 3. The molecule has 3 aromatic heterocycles. The van der Waals surface area contributed by atoms with Gasteiger partial charge < -0.3 is 4.52 Å². The molecule has 0 spiro atoms. The Morgan fingerprint density at radius 3 is 3.00 bits per heavy atom. The first-order valence-corrected chi connectivity index (χ1v) is 9.84. The van der Waals surface area contributed by atoms with Gasteiger partial charge in [0.1, 0.15) is 22.3 Å². The summed E-state index contributed by atoms with van der Waals surface area (Å²) in [7, 11) is 1.86. The molecule has 4 heterocycles. The normalized spacial score (nSPS) is 18.3. The number of aromatic nitrogens is 5. The van der Waals surface area contributed by atoms with Crippen LogP contribution in [0.4, 0.5) is 0 Å². The van der Waals surface area contributed by atoms with E-state index in [1.54, 1.807) is 4.68 Å². The van der Waals surface area contributed by atoms with Crippen molar-refractivity contribution in [2.45, 2.75) is 45.6 Å². The van der Waals surface area contributed by atoms with Crippen molar-refractivity contribution in [3.05, 3.63) is 40.0 Å². The molecule has 1 aliphatic heterocycles. The first-order chi connectivity index (χ1) is 13.1. The third-order valence-corrected chi connectivity index (χ3v) is 5.84. The van der Waals surface area contributed by atoms with Gasteiger partial charge >= 0.3 is 0 Å². The van der Waals surface area contributed by atoms with Gasteiger partial charge in [0.25, 0.3) is 0 Å². The van der Waals surface area contributed by atoms with Crippen LogP contribution in [0.3, 0.4) is 0 Å². The number of rotatable bonds is 5. The fourth-order valence-corrected chi connectivity index (χ4v) is 4.17. The minimum atomic E-state index is 0.476. The van der Waals surface area contributed by atoms with Gasteiger partial charge in [-0.1, -0.05) is 23.7 Å². The third kappa shape index (κ3) is 3.53. The maximum Gasteiger partial charge on any atom is 0.134 e. The number of hydrogen-bond acceptors (Lipinski definition) is 5. The Kier molecular flexibility index (Phi) is 5.06. The van der Waals surface area contributed by atoms with Crippen molar-refractivity contribution < 1.29 is 4.52 Å². The summed E-state index contributed by atoms with van der Waals surface area (Å²) in [6.07, 6.45) is 5.30. The standard InChI is InChI=1S/C19H25ClN6O/c1-4-13-9-21-22-17(13)14-6-5-7-26(10-14)11-15-18(23-25(3)19(15)20)16-8-12(2)27-24-16/h8-9,14H,4-7,10-11H2,1-3H3,(H,21,22)/t14-/m0/s1. The van der Waals surface area contributed by atoms with Gasteiger partial charge in [0, 0.05) is 43.4 Å². The van der Waals surface area contributed by atoms with E-state index in [1.807, 2.05) is 26.2 Å². The molecule has 1 saturated heterocycles. The highest BCUT2D eigenvalue weighted by Crippen LogP contribution is 2.33. The van der Waals surface area contributed by atoms with Crippen molar-refractivity contribution >= 4 is 11.6 Å². The van der Waals surface area contributed by atoms with Crippen LogP contribution < -0.4 is 0 Å². The lowest BCUT2D eigenvalue weighted by Crippen LogP contribution is -2.34. The second kappa shape index (κ2) is 7.48. The Morgan fingerprint density at radius 2 is 2.26 bits per heavy atom. The highest BCUT2D eigenvalue weighted by Gasteiger charge is 2.27. The van der Waals surface area contributed by atoms with Crippen LogP contribution in [0.2, 0.25) is 5.15 Å². The number of hydrogen-bond donors (Lipinski definition) is 1. The summed E-state index contributed by atoms with van der Waals surface area (Å²) >= 11 is 6.57. The number of aromatic amines is 1. The lowest BCUT2D eigenvalue weighted by molar-refractivity contribution is 0.198. The van der Waals surface area contributed by atoms with E-state index in [1.165, 1.54) is 17.7 Å². The fourth-order valence-electron chi connectivity index (χ4n) is 3.99. The summed E-state index contributed by atoms with van der Waals surface area (Å²) in [5, 5.41) is 16.8. The van der Waals surface area contributed by atoms with E-state index < -0.39 is 0 Å². The fraction of sp³-hybridized carbons (Fsp3) is 0.526. The van der Waals surface area contributed by atoms with E-state index in [2.05, 4.69) is 32.3 Å². The van der Waals surface area contributed by atoms with Crippen molar-refractivity contribution in [2.75, 3.05) is 13.1 Å². The molecule has 0 aliphatic carbocycles. The maximum atomic E-state index is 6.57. The Bertz CT molecular complexity index is 927. The van der Waals surface area contributed by atoms with Crippen molar-refractivity contribution in [1.82, 2.24) is 30.0 Å². The molecule has 1 fully saturated rings. The lowest BCUT2D eigenvalue weighted by atomic mass is 9.91. The van der Waals surface area contributed by atoms with Crippen LogP contribution in [-0.4, -0.2) is 43.1 Å². The van der Waals surface area contributed by atoms with Gasteiger partial charge in [0.15, 0.2) is 0 Å². The van der Waals surface area contributed by atoms with E-state index in [0.717, 1.165) is 55.2 Å². The molecule has 0 saturated carbocycles. The molecule has 0 radical (unpaired) electrons. The van der Waals surface area contributed by atoms with Gasteiger partial charge in [-0.15, -0.1) is 0 Å². The molecule has 0 aromatic carbocycles. The second-order valence-electron chi connectivity index (χ2n) is 7.30. The van der Waals surface area contributed by atoms with Crippen molar-refractivity contribution in [1.29, 1.82) is 0 Å². The van der Waals surface area contributed by atoms with Gasteiger partial charge in [-0.3, -0.25) is 14.7 Å². The van der Waals surface area contributed by atoms with Crippen LogP contribution in [0.15, 0.2) is 16.8 Å². The largest absolute Gasteiger partial charge is 0.361 e. The summed E-state index contributed by atoms with van der Waals surface area (Å²) in [5.41, 5.74) is 5.15. The highest BCUT2D eigenvalue weighted by atomic mass is 35.5. The third-order valence-electron chi connectivity index (χ3n) is 5.37. The molecule has 144 valence electrons. The van der Waals surface area contributed by atoms with Gasteiger partial charge in [-0.05, 0) is 38.3 Å². The molecule has 0 amide bonds. The molecule has 0 bridgehead atoms. The average molecular weight is 389 g/mol. The summed E-state index contributed by atoms with van der Waals surface area (Å²) in [4.78, 5) is 2.45. The zero-order valence-corrected chi connectivity index (χ0v) is 16.8. The van der Waals surface area contributed by atoms with Crippen molar-refractivity contribution in [3.63, 3.8) is 0 Å². The van der Waals surface area contributed by atoms with Gasteiger partial charge in [0.05, 0.1) is 6.20 Å². The minimum Gasteiger partial charge on any atom is -0.361 e. The van der Waals surface area contributed by atoms with Crippen LogP contribution in [0, 0.1) is 6.92 Å². The number of piperidine rings is 1. The first-order valence-electron chi connectivity index (χ1n) is 9.46. The number of nitrogens with zero attached hydrogens (tertiary/aromatic N) is 5. The molecule has 1 atom stereocenters. The molecule has 0 unspecified atom stereocenters. The molecule has 4 rings (SSSR count). The summed E-state index contributed by atoms with van der Waals surface area (Å²) in [6, 6.07) is 1.90. The minimum absolute atomic E-state index is 0.476. The molecule has 8 heteroatoms. The molecular weight excluding hydrogens is 364 g/mol. The van der Waals surface area contributed by atoms with Crippen LogP contribution >= 0.6 is 11.6 Å². The van der Waals surface area contributed by atoms with Crippen molar-refractivity contribution in [2.24, 2.45) is 7.05 Å². The number of nitrogens with one attached hydrogen (secondary N) is 1. The van der Waals surface area contributed by atoms with Gasteiger partial charge in [-0.25, -0.2) is 0 Å². The lowest BCUT2D eigenvalue weighted by Gasteiger charge is -2.32. The van der Waals surface area contributed by atoms with Crippen LogP contribution in [0.1, 0.15) is 48.3 Å². The van der Waals surface area contributed by atoms with E-state index in [-0.39, 0.29) is 0 Å². The Labute approximate surface area is 163 Å². The van der Waals surface area contributed by atoms with Crippen molar-refractivity contribution in [3.8, 4) is 11.4 Å². The summed E-state index contributed by atoms with van der Waals surface area (Å²) in [5.74, 6) is 1.24. The number of likely N-dealkylation sites (tertiary alicyclic amines) is 1. The smallest absolute Gasteiger partial charge is 0.134 e. The molecule has 1 aliphatic rings.